The van der Waals surface area contributed by atoms with Crippen molar-refractivity contribution in [2.24, 2.45) is 0 Å². The van der Waals surface area contributed by atoms with Gasteiger partial charge >= 0.3 is 0 Å². The highest BCUT2D eigenvalue weighted by Gasteiger charge is 2.25. The topological polar surface area (TPSA) is 78.5 Å². The molecule has 0 bridgehead atoms. The summed E-state index contributed by atoms with van der Waals surface area (Å²) in [5, 5.41) is 5.61. The van der Waals surface area contributed by atoms with Crippen LogP contribution in [0.4, 0.5) is 5.69 Å². The maximum Gasteiger partial charge on any atom is 0.250 e. The van der Waals surface area contributed by atoms with E-state index in [-0.39, 0.29) is 15.9 Å². The smallest absolute Gasteiger partial charge is 0.250 e. The lowest BCUT2D eigenvalue weighted by Crippen LogP contribution is -2.35. The van der Waals surface area contributed by atoms with Crippen LogP contribution in [0.2, 0.25) is 0 Å². The van der Waals surface area contributed by atoms with E-state index in [1.54, 1.807) is 30.3 Å². The Balaban J connectivity index is 1.55. The van der Waals surface area contributed by atoms with Crippen molar-refractivity contribution in [3.8, 4) is 0 Å². The number of hydrogen-bond acceptors (Lipinski definition) is 4. The lowest BCUT2D eigenvalue weighted by atomic mass is 10.1. The Kier molecular flexibility index (Phi) is 7.36. The Hall–Kier alpha value is -2.55. The Morgan fingerprint density at radius 3 is 2.27 bits per heavy atom. The Morgan fingerprint density at radius 2 is 1.63 bits per heavy atom. The second kappa shape index (κ2) is 9.97. The van der Waals surface area contributed by atoms with Crippen LogP contribution in [-0.2, 0) is 14.8 Å². The number of sulfonamides is 1. The zero-order valence-electron chi connectivity index (χ0n) is 16.8. The standard InChI is InChI=1S/C22H25N3O3S2/c1-17-5-7-18(8-6-17)9-14-21(26)24-22(29)23-19-10-12-20(13-11-19)30(27,28)25-15-3-2-4-16-25/h5-14H,2-4,15-16H2,1H3,(H2,23,24,26,29)/b14-9+. The molecule has 0 saturated carbocycles. The Labute approximate surface area is 183 Å². The number of nitrogens with one attached hydrogen (secondary N) is 2. The molecule has 30 heavy (non-hydrogen) atoms. The first-order valence-electron chi connectivity index (χ1n) is 9.81. The summed E-state index contributed by atoms with van der Waals surface area (Å²) in [6, 6.07) is 14.2. The Morgan fingerprint density at radius 1 is 1.00 bits per heavy atom. The van der Waals surface area contributed by atoms with E-state index in [4.69, 9.17) is 12.2 Å². The van der Waals surface area contributed by atoms with Gasteiger partial charge in [-0.25, -0.2) is 8.42 Å². The molecule has 1 fully saturated rings. The zero-order chi connectivity index (χ0) is 21.6. The van der Waals surface area contributed by atoms with Gasteiger partial charge in [-0.1, -0.05) is 36.2 Å². The second-order valence-electron chi connectivity index (χ2n) is 7.18. The number of amides is 1. The van der Waals surface area contributed by atoms with Crippen LogP contribution in [0.5, 0.6) is 0 Å². The molecule has 0 spiro atoms. The van der Waals surface area contributed by atoms with Gasteiger partial charge in [-0.15, -0.1) is 0 Å². The third-order valence-electron chi connectivity index (χ3n) is 4.81. The van der Waals surface area contributed by atoms with Crippen LogP contribution >= 0.6 is 12.2 Å². The molecule has 1 aliphatic heterocycles. The minimum absolute atomic E-state index is 0.139. The quantitative estimate of drug-likeness (QED) is 0.544. The van der Waals surface area contributed by atoms with Gasteiger partial charge < -0.3 is 5.32 Å². The van der Waals surface area contributed by atoms with Crippen LogP contribution in [0.3, 0.4) is 0 Å². The monoisotopic (exact) mass is 443 g/mol. The van der Waals surface area contributed by atoms with Crippen LogP contribution in [-0.4, -0.2) is 36.8 Å². The second-order valence-corrected chi connectivity index (χ2v) is 9.52. The molecule has 2 aromatic rings. The lowest BCUT2D eigenvalue weighted by molar-refractivity contribution is -0.115. The average molecular weight is 444 g/mol. The molecule has 0 aliphatic carbocycles. The molecule has 1 saturated heterocycles. The van der Waals surface area contributed by atoms with Crippen molar-refractivity contribution in [2.75, 3.05) is 18.4 Å². The van der Waals surface area contributed by atoms with Crippen molar-refractivity contribution >= 4 is 45.0 Å². The third kappa shape index (κ3) is 5.98. The van der Waals surface area contributed by atoms with Crippen molar-refractivity contribution in [2.45, 2.75) is 31.1 Å². The van der Waals surface area contributed by atoms with E-state index in [1.165, 1.54) is 10.4 Å². The maximum atomic E-state index is 12.7. The molecular weight excluding hydrogens is 418 g/mol. The summed E-state index contributed by atoms with van der Waals surface area (Å²) in [5.41, 5.74) is 2.66. The predicted octanol–water partition coefficient (Wildman–Crippen LogP) is 3.70. The number of carbonyl (C=O) groups is 1. The number of aryl methyl sites for hydroxylation is 1. The van der Waals surface area contributed by atoms with Crippen molar-refractivity contribution in [3.63, 3.8) is 0 Å². The van der Waals surface area contributed by atoms with Crippen LogP contribution < -0.4 is 10.6 Å². The van der Waals surface area contributed by atoms with Gasteiger partial charge in [-0.3, -0.25) is 10.1 Å². The van der Waals surface area contributed by atoms with E-state index in [1.807, 2.05) is 31.2 Å². The lowest BCUT2D eigenvalue weighted by Gasteiger charge is -2.25. The summed E-state index contributed by atoms with van der Waals surface area (Å²) >= 11 is 5.17. The Bertz CT molecular complexity index is 1020. The van der Waals surface area contributed by atoms with Crippen LogP contribution in [0.1, 0.15) is 30.4 Å². The van der Waals surface area contributed by atoms with Crippen LogP contribution in [0.15, 0.2) is 59.5 Å². The molecule has 158 valence electrons. The van der Waals surface area contributed by atoms with Crippen molar-refractivity contribution < 1.29 is 13.2 Å². The number of benzene rings is 2. The molecule has 0 unspecified atom stereocenters. The highest BCUT2D eigenvalue weighted by atomic mass is 32.2. The van der Waals surface area contributed by atoms with Crippen LogP contribution in [0.25, 0.3) is 6.08 Å². The molecular formula is C22H25N3O3S2. The SMILES string of the molecule is Cc1ccc(/C=C/C(=O)NC(=S)Nc2ccc(S(=O)(=O)N3CCCCC3)cc2)cc1. The zero-order valence-corrected chi connectivity index (χ0v) is 18.4. The summed E-state index contributed by atoms with van der Waals surface area (Å²) < 4.78 is 26.9. The van der Waals surface area contributed by atoms with Crippen LogP contribution in [0, 0.1) is 6.92 Å². The number of piperidine rings is 1. The normalized spacial score (nSPS) is 15.1. The fourth-order valence-electron chi connectivity index (χ4n) is 3.13. The van der Waals surface area contributed by atoms with E-state index >= 15 is 0 Å². The maximum absolute atomic E-state index is 12.7. The molecule has 6 nitrogen and oxygen atoms in total. The van der Waals surface area contributed by atoms with E-state index in [9.17, 15) is 13.2 Å². The number of rotatable bonds is 5. The molecule has 0 aromatic heterocycles. The number of thiocarbonyl (C=S) groups is 1. The molecule has 2 aromatic carbocycles. The van der Waals surface area contributed by atoms with Gasteiger partial charge in [0.15, 0.2) is 5.11 Å². The first kappa shape index (κ1) is 22.1. The molecule has 0 radical (unpaired) electrons. The fraction of sp³-hybridized carbons (Fsp3) is 0.273. The number of hydrogen-bond donors (Lipinski definition) is 2. The largest absolute Gasteiger partial charge is 0.332 e. The summed E-state index contributed by atoms with van der Waals surface area (Å²) in [6.07, 6.45) is 5.97. The number of carbonyl (C=O) groups excluding carboxylic acids is 1. The summed E-state index contributed by atoms with van der Waals surface area (Å²) in [6.45, 7) is 3.13. The van der Waals surface area contributed by atoms with Crippen molar-refractivity contribution in [1.82, 2.24) is 9.62 Å². The molecule has 1 heterocycles. The van der Waals surface area contributed by atoms with E-state index in [0.717, 1.165) is 30.4 Å². The molecule has 1 amide bonds. The molecule has 3 rings (SSSR count). The molecule has 2 N–H and O–H groups in total. The molecule has 8 heteroatoms. The van der Waals surface area contributed by atoms with Gasteiger partial charge in [0.05, 0.1) is 4.90 Å². The summed E-state index contributed by atoms with van der Waals surface area (Å²) in [7, 11) is -3.47. The first-order chi connectivity index (χ1) is 14.3. The summed E-state index contributed by atoms with van der Waals surface area (Å²) in [5.74, 6) is -0.350. The third-order valence-corrected chi connectivity index (χ3v) is 6.92. The fourth-order valence-corrected chi connectivity index (χ4v) is 4.87. The predicted molar refractivity (Wildman–Crippen MR) is 124 cm³/mol. The number of nitrogens with zero attached hydrogens (tertiary/aromatic N) is 1. The van der Waals surface area contributed by atoms with Crippen molar-refractivity contribution in [3.05, 3.63) is 65.7 Å². The highest BCUT2D eigenvalue weighted by Crippen LogP contribution is 2.22. The van der Waals surface area contributed by atoms with E-state index in [2.05, 4.69) is 10.6 Å². The minimum Gasteiger partial charge on any atom is -0.332 e. The van der Waals surface area contributed by atoms with Gasteiger partial charge in [0.1, 0.15) is 0 Å². The van der Waals surface area contributed by atoms with Gasteiger partial charge in [-0.05, 0) is 67.9 Å². The first-order valence-corrected chi connectivity index (χ1v) is 11.7. The van der Waals surface area contributed by atoms with Gasteiger partial charge in [0, 0.05) is 24.9 Å². The van der Waals surface area contributed by atoms with Gasteiger partial charge in [0.25, 0.3) is 0 Å². The van der Waals surface area contributed by atoms with Gasteiger partial charge in [-0.2, -0.15) is 4.31 Å². The van der Waals surface area contributed by atoms with Crippen molar-refractivity contribution in [1.29, 1.82) is 0 Å². The number of anilines is 1. The van der Waals surface area contributed by atoms with E-state index in [0.29, 0.717) is 18.8 Å². The highest BCUT2D eigenvalue weighted by molar-refractivity contribution is 7.89. The van der Waals surface area contributed by atoms with E-state index < -0.39 is 10.0 Å². The summed E-state index contributed by atoms with van der Waals surface area (Å²) in [4.78, 5) is 12.3. The average Bonchev–Trinajstić information content (AvgIpc) is 2.74. The molecule has 0 atom stereocenters. The van der Waals surface area contributed by atoms with Gasteiger partial charge in [0.2, 0.25) is 15.9 Å². The minimum atomic E-state index is -3.47. The molecule has 1 aliphatic rings.